The zero-order valence-corrected chi connectivity index (χ0v) is 16.5. The van der Waals surface area contributed by atoms with Crippen LogP contribution in [0.5, 0.6) is 5.75 Å². The van der Waals surface area contributed by atoms with Gasteiger partial charge in [-0.2, -0.15) is 4.68 Å². The lowest BCUT2D eigenvalue weighted by Gasteiger charge is -2.21. The molecule has 27 heavy (non-hydrogen) atoms. The van der Waals surface area contributed by atoms with Gasteiger partial charge in [0.25, 0.3) is 0 Å². The molecule has 1 aromatic heterocycles. The Kier molecular flexibility index (Phi) is 7.59. The SMILES string of the molecule is CC[C@H](C)[C@H](NC(=O)CSc1nnnn1-c1ccc(OC)cc1)C(=O)OC. The number of aromatic nitrogens is 4. The molecule has 0 spiro atoms. The molecule has 0 aliphatic heterocycles. The molecule has 9 nitrogen and oxygen atoms in total. The second-order valence-corrected chi connectivity index (χ2v) is 6.76. The Morgan fingerprint density at radius 3 is 2.56 bits per heavy atom. The van der Waals surface area contributed by atoms with Crippen LogP contribution in [0.1, 0.15) is 20.3 Å². The van der Waals surface area contributed by atoms with Gasteiger partial charge in [0.15, 0.2) is 0 Å². The molecule has 0 aliphatic rings. The summed E-state index contributed by atoms with van der Waals surface area (Å²) in [5, 5.41) is 14.8. The Hall–Kier alpha value is -2.62. The second kappa shape index (κ2) is 9.91. The Bertz CT molecular complexity index is 765. The number of amides is 1. The standard InChI is InChI=1S/C17H23N5O4S/c1-5-11(2)15(16(24)26-4)18-14(23)10-27-17-19-20-21-22(17)12-6-8-13(25-3)9-7-12/h6-9,11,15H,5,10H2,1-4H3,(H,18,23)/t11-,15-/m0/s1. The summed E-state index contributed by atoms with van der Waals surface area (Å²) in [6.07, 6.45) is 0.739. The summed E-state index contributed by atoms with van der Waals surface area (Å²) >= 11 is 1.18. The average Bonchev–Trinajstić information content (AvgIpc) is 3.18. The van der Waals surface area contributed by atoms with E-state index in [1.807, 2.05) is 26.0 Å². The molecular weight excluding hydrogens is 370 g/mol. The monoisotopic (exact) mass is 393 g/mol. The van der Waals surface area contributed by atoms with E-state index in [4.69, 9.17) is 9.47 Å². The van der Waals surface area contributed by atoms with Gasteiger partial charge in [0, 0.05) is 0 Å². The van der Waals surface area contributed by atoms with Crippen molar-refractivity contribution in [1.29, 1.82) is 0 Å². The molecule has 0 aliphatic carbocycles. The molecule has 0 radical (unpaired) electrons. The number of hydrogen-bond acceptors (Lipinski definition) is 8. The Morgan fingerprint density at radius 2 is 1.96 bits per heavy atom. The largest absolute Gasteiger partial charge is 0.497 e. The summed E-state index contributed by atoms with van der Waals surface area (Å²) < 4.78 is 11.4. The van der Waals surface area contributed by atoms with E-state index < -0.39 is 12.0 Å². The average molecular weight is 393 g/mol. The van der Waals surface area contributed by atoms with Gasteiger partial charge in [-0.25, -0.2) is 4.79 Å². The fourth-order valence-electron chi connectivity index (χ4n) is 2.30. The first-order valence-corrected chi connectivity index (χ1v) is 9.41. The van der Waals surface area contributed by atoms with Crippen LogP contribution in [0, 0.1) is 5.92 Å². The van der Waals surface area contributed by atoms with Crippen molar-refractivity contribution in [3.05, 3.63) is 24.3 Å². The molecule has 2 aromatic rings. The van der Waals surface area contributed by atoms with E-state index in [0.717, 1.165) is 17.9 Å². The van der Waals surface area contributed by atoms with Crippen LogP contribution in [0.4, 0.5) is 0 Å². The van der Waals surface area contributed by atoms with Crippen molar-refractivity contribution in [2.24, 2.45) is 5.92 Å². The topological polar surface area (TPSA) is 108 Å². The van der Waals surface area contributed by atoms with Crippen molar-refractivity contribution in [2.45, 2.75) is 31.5 Å². The molecule has 1 heterocycles. The molecule has 1 N–H and O–H groups in total. The van der Waals surface area contributed by atoms with Gasteiger partial charge in [-0.1, -0.05) is 32.0 Å². The highest BCUT2D eigenvalue weighted by Crippen LogP contribution is 2.20. The summed E-state index contributed by atoms with van der Waals surface area (Å²) in [5.74, 6) is 0.0153. The van der Waals surface area contributed by atoms with E-state index in [9.17, 15) is 9.59 Å². The fraction of sp³-hybridized carbons (Fsp3) is 0.471. The van der Waals surface area contributed by atoms with E-state index in [-0.39, 0.29) is 17.6 Å². The first-order chi connectivity index (χ1) is 13.0. The summed E-state index contributed by atoms with van der Waals surface area (Å²) in [5.41, 5.74) is 0.746. The zero-order chi connectivity index (χ0) is 19.8. The van der Waals surface area contributed by atoms with Crippen LogP contribution in [0.3, 0.4) is 0 Å². The van der Waals surface area contributed by atoms with Crippen LogP contribution >= 0.6 is 11.8 Å². The molecule has 146 valence electrons. The number of benzene rings is 1. The van der Waals surface area contributed by atoms with E-state index in [0.29, 0.717) is 5.16 Å². The maximum absolute atomic E-state index is 12.3. The Balaban J connectivity index is 2.01. The summed E-state index contributed by atoms with van der Waals surface area (Å²) in [6.45, 7) is 3.84. The van der Waals surface area contributed by atoms with Crippen molar-refractivity contribution in [2.75, 3.05) is 20.0 Å². The predicted molar refractivity (Wildman–Crippen MR) is 99.8 cm³/mol. The minimum absolute atomic E-state index is 0.0315. The molecule has 1 amide bonds. The van der Waals surface area contributed by atoms with Crippen molar-refractivity contribution >= 4 is 23.6 Å². The van der Waals surface area contributed by atoms with Crippen LogP contribution in [0.2, 0.25) is 0 Å². The highest BCUT2D eigenvalue weighted by molar-refractivity contribution is 7.99. The lowest BCUT2D eigenvalue weighted by molar-refractivity contribution is -0.146. The molecule has 10 heteroatoms. The maximum atomic E-state index is 12.3. The van der Waals surface area contributed by atoms with Crippen LogP contribution in [-0.4, -0.2) is 58.1 Å². The van der Waals surface area contributed by atoms with E-state index >= 15 is 0 Å². The van der Waals surface area contributed by atoms with Gasteiger partial charge in [-0.15, -0.1) is 5.10 Å². The summed E-state index contributed by atoms with van der Waals surface area (Å²) in [7, 11) is 2.90. The van der Waals surface area contributed by atoms with Crippen molar-refractivity contribution in [3.63, 3.8) is 0 Å². The van der Waals surface area contributed by atoms with Crippen molar-refractivity contribution in [1.82, 2.24) is 25.5 Å². The summed E-state index contributed by atoms with van der Waals surface area (Å²) in [6, 6.07) is 6.55. The van der Waals surface area contributed by atoms with E-state index in [2.05, 4.69) is 20.8 Å². The van der Waals surface area contributed by atoms with Gasteiger partial charge in [-0.05, 0) is 40.6 Å². The zero-order valence-electron chi connectivity index (χ0n) is 15.7. The number of methoxy groups -OCH3 is 2. The number of nitrogens with one attached hydrogen (secondary N) is 1. The lowest BCUT2D eigenvalue weighted by atomic mass is 9.99. The van der Waals surface area contributed by atoms with Gasteiger partial charge < -0.3 is 14.8 Å². The number of rotatable bonds is 9. The third-order valence-electron chi connectivity index (χ3n) is 4.07. The number of thioether (sulfide) groups is 1. The summed E-state index contributed by atoms with van der Waals surface area (Å²) in [4.78, 5) is 24.2. The van der Waals surface area contributed by atoms with Crippen molar-refractivity contribution < 1.29 is 19.1 Å². The smallest absolute Gasteiger partial charge is 0.328 e. The van der Waals surface area contributed by atoms with E-state index in [1.54, 1.807) is 19.2 Å². The number of carbonyl (C=O) groups is 2. The molecule has 2 rings (SSSR count). The molecule has 0 saturated heterocycles. The Labute approximate surface area is 161 Å². The maximum Gasteiger partial charge on any atom is 0.328 e. The molecule has 0 saturated carbocycles. The van der Waals surface area contributed by atoms with Gasteiger partial charge in [-0.3, -0.25) is 4.79 Å². The van der Waals surface area contributed by atoms with E-state index in [1.165, 1.54) is 23.6 Å². The quantitative estimate of drug-likeness (QED) is 0.504. The number of ether oxygens (including phenoxy) is 2. The number of nitrogens with zero attached hydrogens (tertiary/aromatic N) is 4. The number of esters is 1. The predicted octanol–water partition coefficient (Wildman–Crippen LogP) is 1.47. The van der Waals surface area contributed by atoms with Crippen LogP contribution in [0.15, 0.2) is 29.4 Å². The molecular formula is C17H23N5O4S. The second-order valence-electron chi connectivity index (χ2n) is 5.81. The number of carbonyl (C=O) groups excluding carboxylic acids is 2. The fourth-order valence-corrected chi connectivity index (χ4v) is 3.00. The first-order valence-electron chi connectivity index (χ1n) is 8.42. The normalized spacial score (nSPS) is 12.9. The Morgan fingerprint density at radius 1 is 1.26 bits per heavy atom. The van der Waals surface area contributed by atoms with Gasteiger partial charge in [0.05, 0.1) is 25.7 Å². The van der Waals surface area contributed by atoms with Crippen molar-refractivity contribution in [3.8, 4) is 11.4 Å². The van der Waals surface area contributed by atoms with Gasteiger partial charge >= 0.3 is 5.97 Å². The third-order valence-corrected chi connectivity index (χ3v) is 4.99. The molecule has 0 fully saturated rings. The number of tetrazole rings is 1. The van der Waals surface area contributed by atoms with Gasteiger partial charge in [0.1, 0.15) is 11.8 Å². The highest BCUT2D eigenvalue weighted by Gasteiger charge is 2.26. The molecule has 2 atom stereocenters. The highest BCUT2D eigenvalue weighted by atomic mass is 32.2. The number of hydrogen-bond donors (Lipinski definition) is 1. The molecule has 1 aromatic carbocycles. The van der Waals surface area contributed by atoms with Gasteiger partial charge in [0.2, 0.25) is 11.1 Å². The molecule has 0 bridgehead atoms. The minimum Gasteiger partial charge on any atom is -0.497 e. The first kappa shape index (κ1) is 20.7. The van der Waals surface area contributed by atoms with Crippen LogP contribution < -0.4 is 10.1 Å². The van der Waals surface area contributed by atoms with Crippen LogP contribution in [-0.2, 0) is 14.3 Å². The molecule has 0 unspecified atom stereocenters. The lowest BCUT2D eigenvalue weighted by Crippen LogP contribution is -2.46. The minimum atomic E-state index is -0.675. The van der Waals surface area contributed by atoms with Crippen LogP contribution in [0.25, 0.3) is 5.69 Å². The third kappa shape index (κ3) is 5.43.